The number of nitrogens with zero attached hydrogens (tertiary/aromatic N) is 1. The second-order valence-electron chi connectivity index (χ2n) is 2.65. The molecule has 2 N–H and O–H groups in total. The van der Waals surface area contributed by atoms with E-state index >= 15 is 0 Å². The summed E-state index contributed by atoms with van der Waals surface area (Å²) in [5.74, 6) is -1.92. The molecule has 0 saturated carbocycles. The third-order valence-corrected chi connectivity index (χ3v) is 1.58. The molecule has 5 nitrogen and oxygen atoms in total. The topological polar surface area (TPSA) is 87.0 Å². The first kappa shape index (κ1) is 11.6. The molecular formula is C8H13NO4. The summed E-state index contributed by atoms with van der Waals surface area (Å²) in [6.45, 7) is 1.98. The van der Waals surface area contributed by atoms with Crippen molar-refractivity contribution in [2.45, 2.75) is 32.6 Å². The van der Waals surface area contributed by atoms with Gasteiger partial charge in [0.25, 0.3) is 0 Å². The summed E-state index contributed by atoms with van der Waals surface area (Å²) < 4.78 is 0. The van der Waals surface area contributed by atoms with Crippen molar-refractivity contribution in [2.75, 3.05) is 0 Å². The third-order valence-electron chi connectivity index (χ3n) is 1.58. The van der Waals surface area contributed by atoms with Crippen LogP contribution in [0.1, 0.15) is 32.6 Å². The van der Waals surface area contributed by atoms with Gasteiger partial charge in [0.1, 0.15) is 5.76 Å². The molecule has 0 heterocycles. The number of aliphatic hydroxyl groups is 1. The number of carbonyl (C=O) groups is 1. The van der Waals surface area contributed by atoms with E-state index in [2.05, 4.69) is 5.18 Å². The molecule has 0 aliphatic heterocycles. The maximum absolute atomic E-state index is 10.3. The molecule has 0 fully saturated rings. The minimum absolute atomic E-state index is 0.196. The van der Waals surface area contributed by atoms with Crippen LogP contribution in [0.25, 0.3) is 0 Å². The van der Waals surface area contributed by atoms with E-state index in [4.69, 9.17) is 10.2 Å². The number of hydrogen-bond acceptors (Lipinski definition) is 4. The second-order valence-corrected chi connectivity index (χ2v) is 2.65. The highest BCUT2D eigenvalue weighted by Crippen LogP contribution is 2.11. The zero-order chi connectivity index (χ0) is 10.3. The molecule has 0 aromatic heterocycles. The van der Waals surface area contributed by atoms with Crippen molar-refractivity contribution in [2.24, 2.45) is 5.18 Å². The average Bonchev–Trinajstić information content (AvgIpc) is 2.05. The molecule has 0 spiro atoms. The number of hydrogen-bond donors (Lipinski definition) is 2. The number of carboxylic acid groups (broad SMARTS) is 1. The predicted molar refractivity (Wildman–Crippen MR) is 47.2 cm³/mol. The molecular weight excluding hydrogens is 174 g/mol. The molecule has 5 heteroatoms. The van der Waals surface area contributed by atoms with E-state index in [-0.39, 0.29) is 6.42 Å². The predicted octanol–water partition coefficient (Wildman–Crippen LogP) is 2.19. The minimum Gasteiger partial charge on any atom is -0.510 e. The van der Waals surface area contributed by atoms with Crippen molar-refractivity contribution in [3.63, 3.8) is 0 Å². The summed E-state index contributed by atoms with van der Waals surface area (Å²) in [5, 5.41) is 19.7. The maximum atomic E-state index is 10.3. The lowest BCUT2D eigenvalue weighted by Gasteiger charge is -1.99. The number of nitroso groups, excluding NO2 is 1. The number of carboxylic acids is 1. The number of rotatable bonds is 6. The maximum Gasteiger partial charge on any atom is 0.361 e. The van der Waals surface area contributed by atoms with Crippen LogP contribution < -0.4 is 0 Å². The zero-order valence-corrected chi connectivity index (χ0v) is 7.49. The van der Waals surface area contributed by atoms with E-state index in [1.807, 2.05) is 6.92 Å². The second kappa shape index (κ2) is 6.16. The van der Waals surface area contributed by atoms with Gasteiger partial charge in [-0.3, -0.25) is 0 Å². The lowest BCUT2D eigenvalue weighted by Crippen LogP contribution is -2.02. The SMILES string of the molecule is CCCCCC(O)=C(N=O)C(=O)O. The first-order valence-electron chi connectivity index (χ1n) is 4.12. The van der Waals surface area contributed by atoms with Gasteiger partial charge in [0.15, 0.2) is 0 Å². The first-order chi connectivity index (χ1) is 6.13. The fourth-order valence-electron chi connectivity index (χ4n) is 0.876. The fourth-order valence-corrected chi connectivity index (χ4v) is 0.876. The number of unbranched alkanes of at least 4 members (excludes halogenated alkanes) is 2. The quantitative estimate of drug-likeness (QED) is 0.289. The molecule has 74 valence electrons. The van der Waals surface area contributed by atoms with Gasteiger partial charge in [-0.25, -0.2) is 4.79 Å². The van der Waals surface area contributed by atoms with Gasteiger partial charge in [-0.1, -0.05) is 19.8 Å². The third kappa shape index (κ3) is 4.25. The molecule has 0 rings (SSSR count). The Morgan fingerprint density at radius 1 is 1.31 bits per heavy atom. The smallest absolute Gasteiger partial charge is 0.361 e. The monoisotopic (exact) mass is 187 g/mol. The average molecular weight is 187 g/mol. The van der Waals surface area contributed by atoms with Crippen LogP contribution in [-0.2, 0) is 4.79 Å². The van der Waals surface area contributed by atoms with E-state index < -0.39 is 17.4 Å². The Labute approximate surface area is 76.0 Å². The van der Waals surface area contributed by atoms with Crippen LogP contribution in [0.3, 0.4) is 0 Å². The molecule has 0 bridgehead atoms. The van der Waals surface area contributed by atoms with Crippen LogP contribution in [0.5, 0.6) is 0 Å². The zero-order valence-electron chi connectivity index (χ0n) is 7.49. The van der Waals surface area contributed by atoms with Crippen molar-refractivity contribution >= 4 is 5.97 Å². The van der Waals surface area contributed by atoms with E-state index in [0.717, 1.165) is 12.8 Å². The van der Waals surface area contributed by atoms with E-state index in [9.17, 15) is 9.70 Å². The number of aliphatic carboxylic acids is 1. The van der Waals surface area contributed by atoms with Crippen LogP contribution >= 0.6 is 0 Å². The Hall–Kier alpha value is -1.39. The molecule has 13 heavy (non-hydrogen) atoms. The summed E-state index contributed by atoms with van der Waals surface area (Å²) in [4.78, 5) is 20.3. The number of allylic oxidation sites excluding steroid dienone is 1. The van der Waals surface area contributed by atoms with Crippen LogP contribution in [0.2, 0.25) is 0 Å². The van der Waals surface area contributed by atoms with Gasteiger partial charge in [-0.15, -0.1) is 4.91 Å². The summed E-state index contributed by atoms with van der Waals surface area (Å²) in [7, 11) is 0. The molecule has 0 atom stereocenters. The van der Waals surface area contributed by atoms with E-state index in [1.165, 1.54) is 0 Å². The van der Waals surface area contributed by atoms with Crippen LogP contribution in [0.4, 0.5) is 0 Å². The first-order valence-corrected chi connectivity index (χ1v) is 4.12. The van der Waals surface area contributed by atoms with Crippen LogP contribution in [-0.4, -0.2) is 16.2 Å². The molecule has 0 amide bonds. The van der Waals surface area contributed by atoms with Crippen LogP contribution in [0, 0.1) is 4.91 Å². The minimum atomic E-state index is -1.48. The molecule has 0 aromatic rings. The van der Waals surface area contributed by atoms with Gasteiger partial charge >= 0.3 is 5.97 Å². The Kier molecular flexibility index (Phi) is 5.50. The highest BCUT2D eigenvalue weighted by Gasteiger charge is 2.13. The van der Waals surface area contributed by atoms with Gasteiger partial charge in [-0.05, 0) is 11.6 Å². The Morgan fingerprint density at radius 3 is 2.31 bits per heavy atom. The summed E-state index contributed by atoms with van der Waals surface area (Å²) in [6.07, 6.45) is 2.70. The van der Waals surface area contributed by atoms with Gasteiger partial charge in [0.05, 0.1) is 0 Å². The molecule has 0 saturated heterocycles. The van der Waals surface area contributed by atoms with Gasteiger partial charge in [-0.2, -0.15) is 0 Å². The fraction of sp³-hybridized carbons (Fsp3) is 0.625. The molecule has 0 unspecified atom stereocenters. The largest absolute Gasteiger partial charge is 0.510 e. The Bertz CT molecular complexity index is 222. The Morgan fingerprint density at radius 2 is 1.92 bits per heavy atom. The van der Waals surface area contributed by atoms with Gasteiger partial charge in [0.2, 0.25) is 5.70 Å². The van der Waals surface area contributed by atoms with Crippen molar-refractivity contribution in [3.8, 4) is 0 Å². The summed E-state index contributed by atoms with van der Waals surface area (Å²) in [5.41, 5.74) is -0.781. The molecule has 0 radical (unpaired) electrons. The lowest BCUT2D eigenvalue weighted by atomic mass is 10.1. The highest BCUT2D eigenvalue weighted by molar-refractivity contribution is 5.86. The standard InChI is InChI=1S/C8H13NO4/c1-2-3-4-5-6(10)7(9-13)8(11)12/h10H,2-5H2,1H3,(H,11,12). The van der Waals surface area contributed by atoms with E-state index in [0.29, 0.717) is 6.42 Å². The van der Waals surface area contributed by atoms with Crippen molar-refractivity contribution < 1.29 is 15.0 Å². The van der Waals surface area contributed by atoms with Gasteiger partial charge in [0, 0.05) is 6.42 Å². The van der Waals surface area contributed by atoms with Crippen molar-refractivity contribution in [1.29, 1.82) is 0 Å². The lowest BCUT2D eigenvalue weighted by molar-refractivity contribution is -0.132. The normalized spacial score (nSPS) is 12.1. The van der Waals surface area contributed by atoms with Crippen molar-refractivity contribution in [3.05, 3.63) is 16.4 Å². The molecule has 0 aliphatic rings. The van der Waals surface area contributed by atoms with E-state index in [1.54, 1.807) is 0 Å². The van der Waals surface area contributed by atoms with Gasteiger partial charge < -0.3 is 10.2 Å². The number of aliphatic hydroxyl groups excluding tert-OH is 1. The molecule has 0 aliphatic carbocycles. The van der Waals surface area contributed by atoms with Crippen molar-refractivity contribution in [1.82, 2.24) is 0 Å². The van der Waals surface area contributed by atoms with Crippen LogP contribution in [0.15, 0.2) is 16.6 Å². The molecule has 0 aromatic carbocycles. The Balaban J connectivity index is 4.22. The summed E-state index contributed by atoms with van der Waals surface area (Å²) >= 11 is 0. The summed E-state index contributed by atoms with van der Waals surface area (Å²) in [6, 6.07) is 0. The highest BCUT2D eigenvalue weighted by atomic mass is 16.4.